The fourth-order valence-corrected chi connectivity index (χ4v) is 1.21. The van der Waals surface area contributed by atoms with Gasteiger partial charge in [0.25, 0.3) is 0 Å². The second-order valence-corrected chi connectivity index (χ2v) is 3.68. The van der Waals surface area contributed by atoms with Crippen LogP contribution in [-0.4, -0.2) is 77.1 Å². The van der Waals surface area contributed by atoms with Crippen molar-refractivity contribution in [3.63, 3.8) is 0 Å². The molecule has 7 nitrogen and oxygen atoms in total. The minimum atomic E-state index is -4.13. The first kappa shape index (κ1) is 17.4. The molecular weight excluding hydrogens is 224 g/mol. The van der Waals surface area contributed by atoms with Crippen LogP contribution in [0.3, 0.4) is 0 Å². The van der Waals surface area contributed by atoms with Crippen molar-refractivity contribution in [2.75, 3.05) is 26.4 Å². The number of hydrogen-bond donors (Lipinski definition) is 4. The van der Waals surface area contributed by atoms with Gasteiger partial charge >= 0.3 is 7.82 Å². The summed E-state index contributed by atoms with van der Waals surface area (Å²) in [6, 6.07) is 0. The molecule has 0 spiro atoms. The van der Waals surface area contributed by atoms with Gasteiger partial charge in [0.15, 0.2) is 0 Å². The summed E-state index contributed by atoms with van der Waals surface area (Å²) in [5, 5.41) is 17.1. The molecule has 81 valence electrons. The summed E-state index contributed by atoms with van der Waals surface area (Å²) in [6.07, 6.45) is -1.19. The van der Waals surface area contributed by atoms with E-state index in [1.54, 1.807) is 0 Å². The van der Waals surface area contributed by atoms with Gasteiger partial charge in [-0.25, -0.2) is 4.57 Å². The van der Waals surface area contributed by atoms with E-state index in [0.29, 0.717) is 0 Å². The molecule has 0 heterocycles. The van der Waals surface area contributed by atoms with Crippen LogP contribution in [0, 0.1) is 0 Å². The summed E-state index contributed by atoms with van der Waals surface area (Å²) in [6.45, 7) is -1.02. The maximum absolute atomic E-state index is 10.9. The molecule has 1 radical (unpaired) electrons. The van der Waals surface area contributed by atoms with E-state index >= 15 is 0 Å². The Hall–Kier alpha value is 0.990. The second-order valence-electron chi connectivity index (χ2n) is 2.22. The van der Waals surface area contributed by atoms with E-state index < -0.39 is 27.1 Å². The van der Waals surface area contributed by atoms with Crippen LogP contribution in [0.1, 0.15) is 0 Å². The van der Waals surface area contributed by atoms with E-state index in [1.165, 1.54) is 0 Å². The molecule has 0 aromatic heterocycles. The first-order chi connectivity index (χ1) is 6.02. The number of aliphatic hydroxyl groups excluding tert-OH is 2. The molecule has 0 rings (SSSR count). The molecule has 0 saturated heterocycles. The van der Waals surface area contributed by atoms with E-state index in [4.69, 9.17) is 20.8 Å². The summed E-state index contributed by atoms with van der Waals surface area (Å²) in [5.41, 5.74) is 5.02. The van der Waals surface area contributed by atoms with Crippen molar-refractivity contribution in [3.05, 3.63) is 0 Å². The van der Waals surface area contributed by atoms with Crippen LogP contribution in [0.5, 0.6) is 0 Å². The molecule has 0 bridgehead atoms. The summed E-state index contributed by atoms with van der Waals surface area (Å²) in [4.78, 5) is 8.85. The number of nitrogens with two attached hydrogens (primary N) is 1. The van der Waals surface area contributed by atoms with Gasteiger partial charge in [-0.2, -0.15) is 0 Å². The minimum Gasteiger partial charge on any atom is -0.394 e. The number of rotatable bonds is 7. The summed E-state index contributed by atoms with van der Waals surface area (Å²) < 4.78 is 19.5. The van der Waals surface area contributed by atoms with Gasteiger partial charge in [0.2, 0.25) is 0 Å². The molecule has 0 aliphatic heterocycles. The summed E-state index contributed by atoms with van der Waals surface area (Å²) in [5.74, 6) is 0. The van der Waals surface area contributed by atoms with Crippen molar-refractivity contribution < 1.29 is 28.7 Å². The molecule has 0 amide bonds. The fourth-order valence-electron chi connectivity index (χ4n) is 0.438. The smallest absolute Gasteiger partial charge is 0.394 e. The Balaban J connectivity index is 0. The van der Waals surface area contributed by atoms with Crippen molar-refractivity contribution in [1.29, 1.82) is 0 Å². The molecular formula is C5H14NNaO6P. The second kappa shape index (κ2) is 9.23. The predicted molar refractivity (Wildman–Crippen MR) is 49.6 cm³/mol. The van der Waals surface area contributed by atoms with E-state index in [-0.39, 0.29) is 42.7 Å². The van der Waals surface area contributed by atoms with Crippen molar-refractivity contribution >= 4 is 37.4 Å². The summed E-state index contributed by atoms with van der Waals surface area (Å²) >= 11 is 0. The Morgan fingerprint density at radius 2 is 2.00 bits per heavy atom. The average Bonchev–Trinajstić information content (AvgIpc) is 2.11. The van der Waals surface area contributed by atoms with E-state index in [1.807, 2.05) is 0 Å². The minimum absolute atomic E-state index is 0. The Bertz CT molecular complexity index is 182. The normalized spacial score (nSPS) is 16.9. The number of hydrogen-bond acceptors (Lipinski definition) is 6. The van der Waals surface area contributed by atoms with Gasteiger partial charge in [0.1, 0.15) is 6.10 Å². The Kier molecular flexibility index (Phi) is 11.5. The van der Waals surface area contributed by atoms with Crippen LogP contribution in [0.25, 0.3) is 0 Å². The molecule has 0 aliphatic carbocycles. The first-order valence-corrected chi connectivity index (χ1v) is 5.12. The quantitative estimate of drug-likeness (QED) is 0.300. The Labute approximate surface area is 104 Å². The molecule has 0 aromatic rings. The van der Waals surface area contributed by atoms with Crippen LogP contribution < -0.4 is 5.73 Å². The number of phosphoric acid groups is 1. The zero-order valence-electron chi connectivity index (χ0n) is 8.00. The summed E-state index contributed by atoms with van der Waals surface area (Å²) in [7, 11) is -4.13. The van der Waals surface area contributed by atoms with Gasteiger partial charge in [-0.05, 0) is 0 Å². The molecule has 9 heteroatoms. The maximum Gasteiger partial charge on any atom is 0.472 e. The molecule has 2 unspecified atom stereocenters. The third-order valence-corrected chi connectivity index (χ3v) is 2.00. The van der Waals surface area contributed by atoms with Crippen LogP contribution in [0.15, 0.2) is 0 Å². The van der Waals surface area contributed by atoms with Crippen LogP contribution in [0.2, 0.25) is 0 Å². The molecule has 0 aromatic carbocycles. The SMILES string of the molecule is NCCOP(=O)(O)OCC(O)CO.[Na]. The van der Waals surface area contributed by atoms with Crippen molar-refractivity contribution in [2.45, 2.75) is 6.10 Å². The third kappa shape index (κ3) is 9.54. The van der Waals surface area contributed by atoms with Gasteiger partial charge in [-0.1, -0.05) is 0 Å². The fraction of sp³-hybridized carbons (Fsp3) is 1.00. The molecule has 0 aliphatic rings. The van der Waals surface area contributed by atoms with Crippen LogP contribution in [0.4, 0.5) is 0 Å². The van der Waals surface area contributed by atoms with Crippen molar-refractivity contribution in [3.8, 4) is 0 Å². The monoisotopic (exact) mass is 238 g/mol. The Morgan fingerprint density at radius 1 is 1.43 bits per heavy atom. The predicted octanol–water partition coefficient (Wildman–Crippen LogP) is -1.95. The zero-order valence-corrected chi connectivity index (χ0v) is 10.9. The zero-order chi connectivity index (χ0) is 10.3. The van der Waals surface area contributed by atoms with Gasteiger partial charge < -0.3 is 20.8 Å². The van der Waals surface area contributed by atoms with Crippen molar-refractivity contribution in [1.82, 2.24) is 0 Å². The van der Waals surface area contributed by atoms with E-state index in [9.17, 15) is 4.57 Å². The van der Waals surface area contributed by atoms with Gasteiger partial charge in [-0.3, -0.25) is 9.05 Å². The topological polar surface area (TPSA) is 122 Å². The van der Waals surface area contributed by atoms with E-state index in [0.717, 1.165) is 0 Å². The largest absolute Gasteiger partial charge is 0.472 e. The van der Waals surface area contributed by atoms with Crippen LogP contribution >= 0.6 is 7.82 Å². The van der Waals surface area contributed by atoms with Gasteiger partial charge in [0, 0.05) is 36.1 Å². The molecule has 5 N–H and O–H groups in total. The Morgan fingerprint density at radius 3 is 2.43 bits per heavy atom. The van der Waals surface area contributed by atoms with Gasteiger partial charge in [0.05, 0.1) is 19.8 Å². The standard InChI is InChI=1S/C5H14NO6P.Na/c6-1-2-11-13(9,10)12-4-5(8)3-7;/h5,7-8H,1-4,6H2,(H,9,10);. The van der Waals surface area contributed by atoms with E-state index in [2.05, 4.69) is 9.05 Å². The van der Waals surface area contributed by atoms with Crippen molar-refractivity contribution in [2.24, 2.45) is 5.73 Å². The molecule has 2 atom stereocenters. The van der Waals surface area contributed by atoms with Crippen LogP contribution in [-0.2, 0) is 13.6 Å². The maximum atomic E-state index is 10.9. The average molecular weight is 238 g/mol. The third-order valence-electron chi connectivity index (χ3n) is 1.01. The molecule has 14 heavy (non-hydrogen) atoms. The number of phosphoric ester groups is 1. The molecule has 0 saturated carbocycles. The van der Waals surface area contributed by atoms with Gasteiger partial charge in [-0.15, -0.1) is 0 Å². The number of aliphatic hydroxyl groups is 2. The molecule has 0 fully saturated rings. The first-order valence-electron chi connectivity index (χ1n) is 3.62.